The van der Waals surface area contributed by atoms with Gasteiger partial charge < -0.3 is 10.4 Å². The molecule has 0 radical (unpaired) electrons. The minimum Gasteiger partial charge on any atom is -0.392 e. The van der Waals surface area contributed by atoms with Crippen LogP contribution in [0.3, 0.4) is 0 Å². The molecule has 7 nitrogen and oxygen atoms in total. The van der Waals surface area contributed by atoms with Crippen molar-refractivity contribution in [2.75, 3.05) is 19.6 Å². The SMILES string of the molecule is CC(O)CNC(=O)c1ccc2c(=O)n3c(nc2c1)CCN(Cc1ccccc1)CC3. The first-order chi connectivity index (χ1) is 14.5. The van der Waals surface area contributed by atoms with Gasteiger partial charge in [0.2, 0.25) is 0 Å². The maximum absolute atomic E-state index is 13.1. The maximum Gasteiger partial charge on any atom is 0.261 e. The highest BCUT2D eigenvalue weighted by molar-refractivity contribution is 5.97. The molecule has 0 saturated heterocycles. The fourth-order valence-electron chi connectivity index (χ4n) is 3.78. The number of hydrogen-bond acceptors (Lipinski definition) is 5. The molecule has 3 aromatic rings. The van der Waals surface area contributed by atoms with Crippen molar-refractivity contribution < 1.29 is 9.90 Å². The Balaban J connectivity index is 1.57. The third-order valence-corrected chi connectivity index (χ3v) is 5.40. The van der Waals surface area contributed by atoms with E-state index < -0.39 is 6.10 Å². The number of aliphatic hydroxyl groups excluding tert-OH is 1. The van der Waals surface area contributed by atoms with Gasteiger partial charge >= 0.3 is 0 Å². The number of rotatable bonds is 5. The van der Waals surface area contributed by atoms with Gasteiger partial charge in [-0.1, -0.05) is 30.3 Å². The summed E-state index contributed by atoms with van der Waals surface area (Å²) >= 11 is 0. The molecule has 2 heterocycles. The Morgan fingerprint density at radius 1 is 1.17 bits per heavy atom. The predicted molar refractivity (Wildman–Crippen MR) is 115 cm³/mol. The Kier molecular flexibility index (Phi) is 5.92. The normalized spacial score (nSPS) is 15.4. The number of nitrogens with zero attached hydrogens (tertiary/aromatic N) is 3. The molecule has 0 fully saturated rings. The number of aliphatic hydroxyl groups is 1. The topological polar surface area (TPSA) is 87.5 Å². The summed E-state index contributed by atoms with van der Waals surface area (Å²) in [5.74, 6) is 0.466. The van der Waals surface area contributed by atoms with Crippen LogP contribution < -0.4 is 10.9 Å². The van der Waals surface area contributed by atoms with Gasteiger partial charge in [-0.3, -0.25) is 19.1 Å². The Labute approximate surface area is 175 Å². The van der Waals surface area contributed by atoms with Gasteiger partial charge in [0.1, 0.15) is 5.82 Å². The van der Waals surface area contributed by atoms with Crippen molar-refractivity contribution >= 4 is 16.8 Å². The lowest BCUT2D eigenvalue weighted by atomic mass is 10.1. The minimum atomic E-state index is -0.619. The second kappa shape index (κ2) is 8.77. The molecule has 0 aliphatic carbocycles. The van der Waals surface area contributed by atoms with Crippen LogP contribution >= 0.6 is 0 Å². The van der Waals surface area contributed by atoms with E-state index in [2.05, 4.69) is 22.3 Å². The first-order valence-corrected chi connectivity index (χ1v) is 10.3. The molecule has 1 aliphatic rings. The molecule has 1 aliphatic heterocycles. The van der Waals surface area contributed by atoms with E-state index >= 15 is 0 Å². The zero-order valence-corrected chi connectivity index (χ0v) is 17.0. The van der Waals surface area contributed by atoms with Crippen molar-refractivity contribution in [3.63, 3.8) is 0 Å². The summed E-state index contributed by atoms with van der Waals surface area (Å²) in [6.45, 7) is 4.83. The van der Waals surface area contributed by atoms with E-state index in [-0.39, 0.29) is 18.0 Å². The second-order valence-corrected chi connectivity index (χ2v) is 7.79. The molecule has 2 N–H and O–H groups in total. The average molecular weight is 406 g/mol. The van der Waals surface area contributed by atoms with Crippen LogP contribution in [0.5, 0.6) is 0 Å². The fraction of sp³-hybridized carbons (Fsp3) is 0.348. The molecule has 2 aromatic carbocycles. The number of amides is 1. The Hall–Kier alpha value is -3.03. The van der Waals surface area contributed by atoms with E-state index in [9.17, 15) is 14.7 Å². The number of benzene rings is 2. The molecular weight excluding hydrogens is 380 g/mol. The van der Waals surface area contributed by atoms with Crippen LogP contribution in [0.4, 0.5) is 0 Å². The van der Waals surface area contributed by atoms with Gasteiger partial charge in [0, 0.05) is 44.7 Å². The number of carbonyl (C=O) groups excluding carboxylic acids is 1. The van der Waals surface area contributed by atoms with Gasteiger partial charge in [0.25, 0.3) is 11.5 Å². The van der Waals surface area contributed by atoms with Crippen molar-refractivity contribution in [2.24, 2.45) is 0 Å². The highest BCUT2D eigenvalue weighted by Crippen LogP contribution is 2.15. The molecule has 0 bridgehead atoms. The molecule has 156 valence electrons. The minimum absolute atomic E-state index is 0.0625. The summed E-state index contributed by atoms with van der Waals surface area (Å²) in [7, 11) is 0. The lowest BCUT2D eigenvalue weighted by molar-refractivity contribution is 0.0924. The second-order valence-electron chi connectivity index (χ2n) is 7.79. The van der Waals surface area contributed by atoms with Crippen LogP contribution in [0.1, 0.15) is 28.7 Å². The maximum atomic E-state index is 13.1. The summed E-state index contributed by atoms with van der Waals surface area (Å²) < 4.78 is 1.76. The van der Waals surface area contributed by atoms with Gasteiger partial charge in [0.05, 0.1) is 17.0 Å². The average Bonchev–Trinajstić information content (AvgIpc) is 2.95. The molecule has 1 unspecified atom stereocenters. The van der Waals surface area contributed by atoms with E-state index in [1.54, 1.807) is 29.7 Å². The Morgan fingerprint density at radius 3 is 2.73 bits per heavy atom. The van der Waals surface area contributed by atoms with Crippen LogP contribution in [0.15, 0.2) is 53.3 Å². The van der Waals surface area contributed by atoms with E-state index in [1.165, 1.54) is 5.56 Å². The van der Waals surface area contributed by atoms with Crippen LogP contribution in [0.2, 0.25) is 0 Å². The summed E-state index contributed by atoms with van der Waals surface area (Å²) in [5.41, 5.74) is 2.15. The van der Waals surface area contributed by atoms with Gasteiger partial charge in [-0.2, -0.15) is 0 Å². The van der Waals surface area contributed by atoms with Crippen molar-refractivity contribution in [3.8, 4) is 0 Å². The molecule has 0 spiro atoms. The molecule has 1 atom stereocenters. The third-order valence-electron chi connectivity index (χ3n) is 5.40. The van der Waals surface area contributed by atoms with Gasteiger partial charge in [-0.25, -0.2) is 4.98 Å². The molecule has 0 saturated carbocycles. The van der Waals surface area contributed by atoms with E-state index in [0.717, 1.165) is 25.5 Å². The van der Waals surface area contributed by atoms with E-state index in [4.69, 9.17) is 4.98 Å². The quantitative estimate of drug-likeness (QED) is 0.672. The monoisotopic (exact) mass is 406 g/mol. The zero-order chi connectivity index (χ0) is 21.1. The van der Waals surface area contributed by atoms with E-state index in [1.807, 2.05) is 18.2 Å². The molecule has 7 heteroatoms. The van der Waals surface area contributed by atoms with Crippen LogP contribution in [-0.2, 0) is 19.5 Å². The van der Waals surface area contributed by atoms with Crippen LogP contribution in [0, 0.1) is 0 Å². The predicted octanol–water partition coefficient (Wildman–Crippen LogP) is 1.57. The zero-order valence-electron chi connectivity index (χ0n) is 17.0. The molecular formula is C23H26N4O3. The van der Waals surface area contributed by atoms with Crippen LogP contribution in [0.25, 0.3) is 10.9 Å². The van der Waals surface area contributed by atoms with Crippen molar-refractivity contribution in [3.05, 3.63) is 75.8 Å². The first kappa shape index (κ1) is 20.3. The van der Waals surface area contributed by atoms with Gasteiger partial charge in [0.15, 0.2) is 0 Å². The lowest BCUT2D eigenvalue weighted by Gasteiger charge is -2.19. The van der Waals surface area contributed by atoms with Gasteiger partial charge in [-0.15, -0.1) is 0 Å². The third kappa shape index (κ3) is 4.42. The summed E-state index contributed by atoms with van der Waals surface area (Å²) in [6, 6.07) is 15.3. The number of aromatic nitrogens is 2. The summed E-state index contributed by atoms with van der Waals surface area (Å²) in [6.07, 6.45) is 0.0583. The largest absolute Gasteiger partial charge is 0.392 e. The summed E-state index contributed by atoms with van der Waals surface area (Å²) in [5, 5.41) is 12.5. The standard InChI is InChI=1S/C23H26N4O3/c1-16(28)14-24-22(29)18-7-8-19-20(13-18)25-21-9-10-26(11-12-27(21)23(19)30)15-17-5-3-2-4-6-17/h2-8,13,16,28H,9-12,14-15H2,1H3,(H,24,29). The Bertz CT molecular complexity index is 1110. The highest BCUT2D eigenvalue weighted by Gasteiger charge is 2.18. The number of nitrogens with one attached hydrogen (secondary N) is 1. The first-order valence-electron chi connectivity index (χ1n) is 10.3. The van der Waals surface area contributed by atoms with E-state index in [0.29, 0.717) is 29.4 Å². The molecule has 4 rings (SSSR count). The van der Waals surface area contributed by atoms with Gasteiger partial charge in [-0.05, 0) is 30.7 Å². The fourth-order valence-corrected chi connectivity index (χ4v) is 3.78. The number of fused-ring (bicyclic) bond motifs is 2. The molecule has 1 amide bonds. The smallest absolute Gasteiger partial charge is 0.261 e. The molecule has 30 heavy (non-hydrogen) atoms. The summed E-state index contributed by atoms with van der Waals surface area (Å²) in [4.78, 5) is 32.4. The Morgan fingerprint density at radius 2 is 1.97 bits per heavy atom. The van der Waals surface area contributed by atoms with Crippen molar-refractivity contribution in [1.82, 2.24) is 19.8 Å². The van der Waals surface area contributed by atoms with Crippen LogP contribution in [-0.4, -0.2) is 51.2 Å². The van der Waals surface area contributed by atoms with Crippen molar-refractivity contribution in [1.29, 1.82) is 0 Å². The number of carbonyl (C=O) groups is 1. The molecule has 1 aromatic heterocycles. The van der Waals surface area contributed by atoms with Crippen molar-refractivity contribution in [2.45, 2.75) is 32.5 Å². The number of hydrogen-bond donors (Lipinski definition) is 2. The lowest BCUT2D eigenvalue weighted by Crippen LogP contribution is -2.31. The highest BCUT2D eigenvalue weighted by atomic mass is 16.3.